The topological polar surface area (TPSA) is 83.8 Å². The van der Waals surface area contributed by atoms with Gasteiger partial charge in [0.1, 0.15) is 0 Å². The fraction of sp³-hybridized carbons (Fsp3) is 1.00. The Balaban J connectivity index is -0.0000000921. The molecule has 0 atom stereocenters. The Kier molecular flexibility index (Phi) is 16.7. The van der Waals surface area contributed by atoms with Crippen LogP contribution in [0.3, 0.4) is 0 Å². The molecule has 0 heterocycles. The van der Waals surface area contributed by atoms with Crippen LogP contribution in [0.2, 0.25) is 0 Å². The number of hydrogen-bond donors (Lipinski definition) is 0. The van der Waals surface area contributed by atoms with Crippen molar-refractivity contribution < 1.29 is 20.9 Å². The molecule has 3 N–H and O–H groups in total. The van der Waals surface area contributed by atoms with Crippen molar-refractivity contribution in [3.63, 3.8) is 0 Å². The van der Waals surface area contributed by atoms with Gasteiger partial charge in [0, 0.05) is 0 Å². The predicted molar refractivity (Wildman–Crippen MR) is 94.4 cm³/mol. The van der Waals surface area contributed by atoms with Crippen molar-refractivity contribution in [3.05, 3.63) is 17.2 Å². The molecule has 5 heteroatoms. The van der Waals surface area contributed by atoms with Gasteiger partial charge in [0.15, 0.2) is 0 Å². The van der Waals surface area contributed by atoms with Crippen molar-refractivity contribution in [3.8, 4) is 0 Å². The van der Waals surface area contributed by atoms with Crippen LogP contribution in [0.4, 0.5) is 0 Å². The Morgan fingerprint density at radius 1 is 0.524 bits per heavy atom. The molecule has 0 fully saturated rings. The van der Waals surface area contributed by atoms with E-state index in [0.717, 1.165) is 20.9 Å². The molecule has 0 aliphatic carbocycles. The van der Waals surface area contributed by atoms with Gasteiger partial charge in [0.05, 0.1) is 0 Å². The van der Waals surface area contributed by atoms with Crippen LogP contribution in [-0.4, -0.2) is 22.2 Å². The molecule has 0 aliphatic heterocycles. The monoisotopic (exact) mass is 468 g/mol. The summed E-state index contributed by atoms with van der Waals surface area (Å²) in [4.78, 5) is 0. The van der Waals surface area contributed by atoms with Crippen LogP contribution < -0.4 is 0 Å². The molecule has 0 aliphatic rings. The maximum atomic E-state index is 6.94. The summed E-state index contributed by atoms with van der Waals surface area (Å²) in [5, 5.41) is 0. The Bertz CT molecular complexity index is 190. The summed E-state index contributed by atoms with van der Waals surface area (Å²) in [6, 6.07) is 0. The average Bonchev–Trinajstić information content (AvgIpc) is 1.91. The molecule has 0 spiro atoms. The maximum absolute atomic E-state index is 6.94. The molecule has 4 nitrogen and oxygen atoms in total. The summed E-state index contributed by atoms with van der Waals surface area (Å²) in [5.74, 6) is 0. The number of nitrogens with zero attached hydrogens (tertiary/aromatic N) is 1. The van der Waals surface area contributed by atoms with Crippen LogP contribution in [0.5, 0.6) is 0 Å². The molecule has 0 saturated carbocycles. The number of hydrogen-bond acceptors (Lipinski definition) is 1. The summed E-state index contributed by atoms with van der Waals surface area (Å²) < 4.78 is 4.13. The van der Waals surface area contributed by atoms with Crippen LogP contribution >= 0.6 is 0 Å². The normalized spacial score (nSPS) is 11.7. The third-order valence-electron chi connectivity index (χ3n) is 0.300. The number of nitrogens with one attached hydrogen (secondary N) is 3. The van der Waals surface area contributed by atoms with Crippen LogP contribution in [0.15, 0.2) is 3.34 Å². The van der Waals surface area contributed by atoms with Gasteiger partial charge in [-0.2, -0.15) is 0 Å². The molecule has 0 bridgehead atoms. The van der Waals surface area contributed by atoms with E-state index >= 15 is 0 Å². The second kappa shape index (κ2) is 11.9. The van der Waals surface area contributed by atoms with E-state index in [1.165, 1.54) is 0 Å². The predicted octanol–water partition coefficient (Wildman–Crippen LogP) is 7.03. The summed E-state index contributed by atoms with van der Waals surface area (Å²) >= 11 is 1.15. The minimum absolute atomic E-state index is 0.216. The van der Waals surface area contributed by atoms with Crippen molar-refractivity contribution >= 4 is 0 Å². The van der Waals surface area contributed by atoms with Gasteiger partial charge in [-0.3, -0.25) is 0 Å². The van der Waals surface area contributed by atoms with E-state index < -0.39 is 0 Å². The molecule has 0 unspecified atom stereocenters. The van der Waals surface area contributed by atoms with Crippen molar-refractivity contribution in [1.29, 1.82) is 0 Å². The molecule has 0 radical (unpaired) electrons. The molecule has 131 valence electrons. The molecule has 0 aromatic heterocycles. The Hall–Kier alpha value is 0.420. The second-order valence-corrected chi connectivity index (χ2v) is 9.74. The van der Waals surface area contributed by atoms with Crippen LogP contribution in [-0.2, 0) is 20.9 Å². The first-order valence-corrected chi connectivity index (χ1v) is 8.61. The molecule has 0 aromatic carbocycles. The van der Waals surface area contributed by atoms with Crippen molar-refractivity contribution in [1.82, 2.24) is 0 Å². The molecule has 0 saturated heterocycles. The third kappa shape index (κ3) is 592. The Morgan fingerprint density at radius 3 is 0.571 bits per heavy atom. The molecule has 0 rings (SSSR count). The number of rotatable bonds is 0. The third-order valence-corrected chi connectivity index (χ3v) is 2.46. The average molecular weight is 468 g/mol. The van der Waals surface area contributed by atoms with Crippen molar-refractivity contribution in [2.24, 2.45) is 3.34 Å². The fourth-order valence-corrected chi connectivity index (χ4v) is 0. The first-order valence-electron chi connectivity index (χ1n) is 7.17. The van der Waals surface area contributed by atoms with Gasteiger partial charge in [0.25, 0.3) is 0 Å². The van der Waals surface area contributed by atoms with Crippen molar-refractivity contribution in [2.45, 2.75) is 105 Å². The second-order valence-electron chi connectivity index (χ2n) is 9.02. The van der Waals surface area contributed by atoms with E-state index in [2.05, 4.69) is 24.1 Å². The van der Waals surface area contributed by atoms with Crippen molar-refractivity contribution in [2.75, 3.05) is 0 Å². The molecule has 0 aromatic rings. The first kappa shape index (κ1) is 29.4. The van der Waals surface area contributed by atoms with Gasteiger partial charge in [-0.1, -0.05) is 62.3 Å². The van der Waals surface area contributed by atoms with E-state index in [9.17, 15) is 0 Å². The van der Waals surface area contributed by atoms with Crippen LogP contribution in [0.25, 0.3) is 17.2 Å². The zero-order valence-corrected chi connectivity index (χ0v) is 19.6. The van der Waals surface area contributed by atoms with Gasteiger partial charge in [-0.05, 0) is 0 Å². The zero-order chi connectivity index (χ0) is 18.7. The summed E-state index contributed by atoms with van der Waals surface area (Å²) in [6.45, 7) is 23.0. The van der Waals surface area contributed by atoms with Gasteiger partial charge in [-0.15, -0.1) is 16.6 Å². The summed E-state index contributed by atoms with van der Waals surface area (Å²) in [7, 11) is 0. The van der Waals surface area contributed by atoms with Gasteiger partial charge in [0.2, 0.25) is 0 Å². The summed E-state index contributed by atoms with van der Waals surface area (Å²) in [6.07, 6.45) is 0. The van der Waals surface area contributed by atoms with Gasteiger partial charge in [-0.25, -0.2) is 0 Å². The summed E-state index contributed by atoms with van der Waals surface area (Å²) in [5.41, 5.74) is 20.3. The SMILES string of the molecule is CC(C)(C)[NH-].CC(C)(C)[NH-].CC(C)(C)[NH-].CC(C)(C)[N]=[Ta]. The van der Waals surface area contributed by atoms with E-state index in [1.807, 2.05) is 62.3 Å². The standard InChI is InChI=1S/3C4H10N.C4H9N.Ta/c4*1-4(2,3)5;/h3*5H,1-3H3;1-3H3;/q3*-1;;. The molecule has 0 amide bonds. The molecule has 21 heavy (non-hydrogen) atoms. The first-order chi connectivity index (χ1) is 8.56. The van der Waals surface area contributed by atoms with E-state index in [4.69, 9.17) is 17.2 Å². The van der Waals surface area contributed by atoms with Gasteiger partial charge >= 0.3 is 50.5 Å². The minimum atomic E-state index is -0.250. The van der Waals surface area contributed by atoms with Crippen LogP contribution in [0.1, 0.15) is 83.1 Å². The molecular formula is C16H39N4Ta-3. The Labute approximate surface area is 146 Å². The Morgan fingerprint density at radius 2 is 0.571 bits per heavy atom. The van der Waals surface area contributed by atoms with E-state index in [-0.39, 0.29) is 22.2 Å². The van der Waals surface area contributed by atoms with Crippen LogP contribution in [0, 0.1) is 0 Å². The quantitative estimate of drug-likeness (QED) is 0.366. The van der Waals surface area contributed by atoms with Gasteiger partial charge < -0.3 is 17.2 Å². The zero-order valence-electron chi connectivity index (χ0n) is 16.4. The van der Waals surface area contributed by atoms with E-state index in [0.29, 0.717) is 0 Å². The molecular weight excluding hydrogens is 429 g/mol. The fourth-order valence-electron chi connectivity index (χ4n) is 0. The van der Waals surface area contributed by atoms with E-state index in [1.54, 1.807) is 0 Å².